The largest absolute Gasteiger partial charge is 0.494 e. The van der Waals surface area contributed by atoms with Crippen molar-refractivity contribution in [3.8, 4) is 5.75 Å². The molecule has 174 valence electrons. The fourth-order valence-electron chi connectivity index (χ4n) is 3.76. The molecule has 0 radical (unpaired) electrons. The van der Waals surface area contributed by atoms with E-state index < -0.39 is 5.91 Å². The smallest absolute Gasteiger partial charge is 0.248 e. The molecule has 0 fully saturated rings. The molecule has 0 aliphatic heterocycles. The van der Waals surface area contributed by atoms with E-state index in [2.05, 4.69) is 19.1 Å². The Morgan fingerprint density at radius 3 is 1.59 bits per heavy atom. The Morgan fingerprint density at radius 2 is 1.12 bits per heavy atom. The summed E-state index contributed by atoms with van der Waals surface area (Å²) in [5.41, 5.74) is 7.94. The van der Waals surface area contributed by atoms with Crippen LogP contribution in [0.15, 0.2) is 48.5 Å². The van der Waals surface area contributed by atoms with Crippen LogP contribution in [0.4, 0.5) is 0 Å². The lowest BCUT2D eigenvalue weighted by Crippen LogP contribution is -2.10. The molecule has 2 N–H and O–H groups in total. The van der Waals surface area contributed by atoms with Crippen LogP contribution in [-0.2, 0) is 0 Å². The van der Waals surface area contributed by atoms with Crippen LogP contribution in [0.5, 0.6) is 5.75 Å². The molecule has 0 atom stereocenters. The second-order valence-corrected chi connectivity index (χ2v) is 8.63. The Hall–Kier alpha value is -2.55. The minimum absolute atomic E-state index is 0.403. The van der Waals surface area contributed by atoms with E-state index in [-0.39, 0.29) is 0 Å². The van der Waals surface area contributed by atoms with Gasteiger partial charge in [0.2, 0.25) is 5.91 Å². The maximum absolute atomic E-state index is 11.1. The molecule has 0 aliphatic carbocycles. The lowest BCUT2D eigenvalue weighted by molar-refractivity contribution is 0.100. The Bertz CT molecular complexity index is 778. The first-order chi connectivity index (χ1) is 15.7. The van der Waals surface area contributed by atoms with Crippen LogP contribution in [0.1, 0.15) is 105 Å². The van der Waals surface area contributed by atoms with Gasteiger partial charge in [-0.1, -0.05) is 114 Å². The molecule has 1 amide bonds. The first-order valence-corrected chi connectivity index (χ1v) is 12.5. The van der Waals surface area contributed by atoms with Crippen molar-refractivity contribution in [2.24, 2.45) is 5.73 Å². The monoisotopic (exact) mass is 435 g/mol. The number of hydrogen-bond donors (Lipinski definition) is 1. The van der Waals surface area contributed by atoms with Crippen LogP contribution in [-0.4, -0.2) is 12.5 Å². The maximum atomic E-state index is 11.1. The summed E-state index contributed by atoms with van der Waals surface area (Å²) in [6, 6.07) is 15.4. The van der Waals surface area contributed by atoms with Crippen molar-refractivity contribution in [1.29, 1.82) is 0 Å². The summed E-state index contributed by atoms with van der Waals surface area (Å²) in [6.07, 6.45) is 20.4. The highest BCUT2D eigenvalue weighted by molar-refractivity contribution is 5.93. The molecular formula is C29H41NO2. The second-order valence-electron chi connectivity index (χ2n) is 8.63. The van der Waals surface area contributed by atoms with E-state index in [0.717, 1.165) is 29.9 Å². The summed E-state index contributed by atoms with van der Waals surface area (Å²) in [6.45, 7) is 3.07. The average molecular weight is 436 g/mol. The number of unbranched alkanes of at least 4 members (excludes halogenated alkanes) is 11. The number of carbonyl (C=O) groups excluding carboxylic acids is 1. The normalized spacial score (nSPS) is 11.2. The van der Waals surface area contributed by atoms with E-state index in [1.807, 2.05) is 36.4 Å². The zero-order valence-electron chi connectivity index (χ0n) is 19.9. The Morgan fingerprint density at radius 1 is 0.688 bits per heavy atom. The highest BCUT2D eigenvalue weighted by atomic mass is 16.5. The molecule has 0 aliphatic rings. The number of carbonyl (C=O) groups is 1. The third-order valence-corrected chi connectivity index (χ3v) is 5.81. The highest BCUT2D eigenvalue weighted by Gasteiger charge is 1.99. The fraction of sp³-hybridized carbons (Fsp3) is 0.483. The summed E-state index contributed by atoms with van der Waals surface area (Å²) < 4.78 is 5.88. The van der Waals surface area contributed by atoms with Gasteiger partial charge in [0.05, 0.1) is 6.61 Å². The molecule has 0 bridgehead atoms. The van der Waals surface area contributed by atoms with Gasteiger partial charge in [-0.2, -0.15) is 0 Å². The lowest BCUT2D eigenvalue weighted by Gasteiger charge is -2.07. The Kier molecular flexibility index (Phi) is 13.0. The molecule has 2 aromatic carbocycles. The number of benzene rings is 2. The van der Waals surface area contributed by atoms with E-state index in [4.69, 9.17) is 10.5 Å². The molecule has 0 saturated heterocycles. The van der Waals surface area contributed by atoms with Crippen molar-refractivity contribution >= 4 is 18.1 Å². The van der Waals surface area contributed by atoms with Crippen LogP contribution in [0.25, 0.3) is 12.2 Å². The maximum Gasteiger partial charge on any atom is 0.248 e. The van der Waals surface area contributed by atoms with Crippen molar-refractivity contribution < 1.29 is 9.53 Å². The average Bonchev–Trinajstić information content (AvgIpc) is 2.81. The van der Waals surface area contributed by atoms with Gasteiger partial charge in [0.1, 0.15) is 5.75 Å². The molecule has 3 nitrogen and oxygen atoms in total. The number of primary amides is 1. The SMILES string of the molecule is CCCCCCCCCCCCCCOc1ccc(/C=C/c2ccc(C(N)=O)cc2)cc1. The highest BCUT2D eigenvalue weighted by Crippen LogP contribution is 2.16. The van der Waals surface area contributed by atoms with Gasteiger partial charge in [-0.15, -0.1) is 0 Å². The molecule has 0 aromatic heterocycles. The first kappa shape index (κ1) is 25.7. The molecule has 0 heterocycles. The molecule has 0 unspecified atom stereocenters. The lowest BCUT2D eigenvalue weighted by atomic mass is 10.1. The van der Waals surface area contributed by atoms with Crippen molar-refractivity contribution in [1.82, 2.24) is 0 Å². The van der Waals surface area contributed by atoms with Crippen LogP contribution in [0.3, 0.4) is 0 Å². The zero-order valence-corrected chi connectivity index (χ0v) is 19.9. The number of rotatable bonds is 17. The third-order valence-electron chi connectivity index (χ3n) is 5.81. The number of ether oxygens (including phenoxy) is 1. The quantitative estimate of drug-likeness (QED) is 0.202. The van der Waals surface area contributed by atoms with E-state index in [9.17, 15) is 4.79 Å². The van der Waals surface area contributed by atoms with Gasteiger partial charge >= 0.3 is 0 Å². The van der Waals surface area contributed by atoms with Gasteiger partial charge in [-0.3, -0.25) is 4.79 Å². The molecule has 2 rings (SSSR count). The van der Waals surface area contributed by atoms with E-state index in [0.29, 0.717) is 5.56 Å². The van der Waals surface area contributed by atoms with Gasteiger partial charge < -0.3 is 10.5 Å². The van der Waals surface area contributed by atoms with Gasteiger partial charge in [-0.25, -0.2) is 0 Å². The number of amides is 1. The van der Waals surface area contributed by atoms with Gasteiger partial charge in [0.15, 0.2) is 0 Å². The summed E-state index contributed by atoms with van der Waals surface area (Å²) >= 11 is 0. The van der Waals surface area contributed by atoms with Crippen molar-refractivity contribution in [3.63, 3.8) is 0 Å². The Labute approximate surface area is 195 Å². The molecular weight excluding hydrogens is 394 g/mol. The minimum Gasteiger partial charge on any atom is -0.494 e. The Balaban J connectivity index is 1.52. The van der Waals surface area contributed by atoms with Crippen LogP contribution in [0.2, 0.25) is 0 Å². The summed E-state index contributed by atoms with van der Waals surface area (Å²) in [4.78, 5) is 11.1. The van der Waals surface area contributed by atoms with Crippen molar-refractivity contribution in [2.75, 3.05) is 6.61 Å². The van der Waals surface area contributed by atoms with Crippen LogP contribution < -0.4 is 10.5 Å². The zero-order chi connectivity index (χ0) is 22.9. The topological polar surface area (TPSA) is 52.3 Å². The summed E-state index contributed by atoms with van der Waals surface area (Å²) in [5.74, 6) is 0.524. The molecule has 0 spiro atoms. The number of hydrogen-bond acceptors (Lipinski definition) is 2. The second kappa shape index (κ2) is 16.1. The van der Waals surface area contributed by atoms with E-state index >= 15 is 0 Å². The van der Waals surface area contributed by atoms with Gasteiger partial charge in [0, 0.05) is 5.56 Å². The van der Waals surface area contributed by atoms with Gasteiger partial charge in [0.25, 0.3) is 0 Å². The van der Waals surface area contributed by atoms with Crippen molar-refractivity contribution in [2.45, 2.75) is 84.0 Å². The van der Waals surface area contributed by atoms with Gasteiger partial charge in [-0.05, 0) is 41.8 Å². The predicted octanol–water partition coefficient (Wildman–Crippen LogP) is 8.04. The molecule has 2 aromatic rings. The molecule has 3 heteroatoms. The van der Waals surface area contributed by atoms with E-state index in [1.165, 1.54) is 70.6 Å². The van der Waals surface area contributed by atoms with Crippen molar-refractivity contribution in [3.05, 3.63) is 65.2 Å². The van der Waals surface area contributed by atoms with Crippen LogP contribution >= 0.6 is 0 Å². The van der Waals surface area contributed by atoms with Crippen LogP contribution in [0, 0.1) is 0 Å². The minimum atomic E-state index is -0.403. The predicted molar refractivity (Wildman–Crippen MR) is 137 cm³/mol. The summed E-state index contributed by atoms with van der Waals surface area (Å²) in [5, 5.41) is 0. The number of nitrogens with two attached hydrogens (primary N) is 1. The molecule has 32 heavy (non-hydrogen) atoms. The third kappa shape index (κ3) is 11.2. The summed E-state index contributed by atoms with van der Waals surface area (Å²) in [7, 11) is 0. The first-order valence-electron chi connectivity index (χ1n) is 12.5. The standard InChI is InChI=1S/C29H41NO2/c1-2-3-4-5-6-7-8-9-10-11-12-13-24-32-28-22-18-26(19-23-28)15-14-25-16-20-27(21-17-25)29(30)31/h14-23H,2-13,24H2,1H3,(H2,30,31)/b15-14+. The fourth-order valence-corrected chi connectivity index (χ4v) is 3.76. The molecule has 0 saturated carbocycles. The van der Waals surface area contributed by atoms with E-state index in [1.54, 1.807) is 12.1 Å².